The molecule has 0 spiro atoms. The van der Waals surface area contributed by atoms with E-state index in [1.165, 1.54) is 4.31 Å². The van der Waals surface area contributed by atoms with Crippen LogP contribution in [0.25, 0.3) is 11.0 Å². The van der Waals surface area contributed by atoms with Gasteiger partial charge in [0.15, 0.2) is 6.61 Å². The molecule has 3 aromatic rings. The second-order valence-corrected chi connectivity index (χ2v) is 9.91. The molecule has 1 aliphatic rings. The van der Waals surface area contributed by atoms with Gasteiger partial charge >= 0.3 is 12.2 Å². The molecule has 0 aliphatic carbocycles. The highest BCUT2D eigenvalue weighted by Gasteiger charge is 2.30. The Morgan fingerprint density at radius 2 is 1.85 bits per heavy atom. The van der Waals surface area contributed by atoms with E-state index in [0.29, 0.717) is 31.6 Å². The second kappa shape index (κ2) is 9.21. The number of nitrogens with one attached hydrogen (secondary N) is 3. The molecule has 3 N–H and O–H groups in total. The van der Waals surface area contributed by atoms with Gasteiger partial charge in [0.1, 0.15) is 5.82 Å². The number of aryl methyl sites for hydroxylation is 1. The van der Waals surface area contributed by atoms with E-state index < -0.39 is 28.8 Å². The van der Waals surface area contributed by atoms with Crippen LogP contribution in [0.3, 0.4) is 0 Å². The first-order valence-electron chi connectivity index (χ1n) is 10.4. The van der Waals surface area contributed by atoms with Gasteiger partial charge in [-0.2, -0.15) is 28.1 Å². The van der Waals surface area contributed by atoms with Gasteiger partial charge in [0.05, 0.1) is 17.3 Å². The molecule has 1 saturated heterocycles. The summed E-state index contributed by atoms with van der Waals surface area (Å²) < 4.78 is 67.5. The molecule has 0 atom stereocenters. The SMILES string of the molecule is Cc1nc2ccc(Nc3nc(NC4CCN(S(C)(=O)=O)CC4)nc(OCC(F)(F)F)n3)cc2[nH]1. The van der Waals surface area contributed by atoms with E-state index >= 15 is 0 Å². The number of rotatable bonds is 7. The largest absolute Gasteiger partial charge is 0.454 e. The van der Waals surface area contributed by atoms with Gasteiger partial charge in [0.25, 0.3) is 0 Å². The number of halogens is 3. The Kier molecular flexibility index (Phi) is 6.49. The average Bonchev–Trinajstić information content (AvgIpc) is 3.11. The predicted molar refractivity (Wildman–Crippen MR) is 119 cm³/mol. The molecule has 2 aromatic heterocycles. The minimum absolute atomic E-state index is 0.0150. The van der Waals surface area contributed by atoms with Gasteiger partial charge in [-0.3, -0.25) is 0 Å². The van der Waals surface area contributed by atoms with E-state index in [1.54, 1.807) is 18.2 Å². The number of hydrogen-bond donors (Lipinski definition) is 3. The van der Waals surface area contributed by atoms with Crippen LogP contribution in [0.5, 0.6) is 6.01 Å². The van der Waals surface area contributed by atoms with Crippen molar-refractivity contribution in [2.24, 2.45) is 0 Å². The lowest BCUT2D eigenvalue weighted by Crippen LogP contribution is -2.42. The van der Waals surface area contributed by atoms with Crippen molar-refractivity contribution in [1.82, 2.24) is 29.2 Å². The van der Waals surface area contributed by atoms with Crippen molar-refractivity contribution in [3.8, 4) is 6.01 Å². The summed E-state index contributed by atoms with van der Waals surface area (Å²) in [5.74, 6) is 0.744. The molecule has 184 valence electrons. The van der Waals surface area contributed by atoms with E-state index in [2.05, 4.69) is 35.6 Å². The maximum atomic E-state index is 12.7. The fourth-order valence-electron chi connectivity index (χ4n) is 3.55. The maximum absolute atomic E-state index is 12.7. The Hall–Kier alpha value is -3.20. The van der Waals surface area contributed by atoms with Crippen molar-refractivity contribution < 1.29 is 26.3 Å². The molecular formula is C19H23F3N8O3S. The van der Waals surface area contributed by atoms with Crippen molar-refractivity contribution in [2.45, 2.75) is 32.0 Å². The Morgan fingerprint density at radius 1 is 1.15 bits per heavy atom. The van der Waals surface area contributed by atoms with Crippen LogP contribution >= 0.6 is 0 Å². The molecular weight excluding hydrogens is 477 g/mol. The fourth-order valence-corrected chi connectivity index (χ4v) is 4.42. The summed E-state index contributed by atoms with van der Waals surface area (Å²) >= 11 is 0. The topological polar surface area (TPSA) is 138 Å². The summed E-state index contributed by atoms with van der Waals surface area (Å²) in [5.41, 5.74) is 2.10. The second-order valence-electron chi connectivity index (χ2n) is 7.93. The molecule has 1 fully saturated rings. The number of nitrogens with zero attached hydrogens (tertiary/aromatic N) is 5. The maximum Gasteiger partial charge on any atom is 0.422 e. The Labute approximate surface area is 193 Å². The first-order chi connectivity index (χ1) is 15.9. The van der Waals surface area contributed by atoms with Gasteiger partial charge < -0.3 is 20.4 Å². The van der Waals surface area contributed by atoms with E-state index in [-0.39, 0.29) is 17.9 Å². The zero-order chi connectivity index (χ0) is 24.5. The van der Waals surface area contributed by atoms with Crippen LogP contribution in [0.4, 0.5) is 30.8 Å². The normalized spacial score (nSPS) is 16.0. The van der Waals surface area contributed by atoms with Gasteiger partial charge in [-0.15, -0.1) is 0 Å². The molecule has 1 aliphatic heterocycles. The quantitative estimate of drug-likeness (QED) is 0.447. The summed E-state index contributed by atoms with van der Waals surface area (Å²) in [6.07, 6.45) is -2.45. The Balaban J connectivity index is 1.53. The lowest BCUT2D eigenvalue weighted by atomic mass is 10.1. The Bertz CT molecular complexity index is 1270. The van der Waals surface area contributed by atoms with Crippen molar-refractivity contribution in [3.63, 3.8) is 0 Å². The first-order valence-corrected chi connectivity index (χ1v) is 12.2. The van der Waals surface area contributed by atoms with E-state index in [1.807, 2.05) is 6.92 Å². The number of benzene rings is 1. The molecule has 0 radical (unpaired) electrons. The monoisotopic (exact) mass is 500 g/mol. The van der Waals surface area contributed by atoms with Crippen LogP contribution in [-0.2, 0) is 10.0 Å². The number of aromatic amines is 1. The number of ether oxygens (including phenoxy) is 1. The minimum Gasteiger partial charge on any atom is -0.454 e. The third-order valence-corrected chi connectivity index (χ3v) is 6.40. The van der Waals surface area contributed by atoms with Crippen molar-refractivity contribution in [3.05, 3.63) is 24.0 Å². The summed E-state index contributed by atoms with van der Waals surface area (Å²) in [5, 5.41) is 6.00. The molecule has 15 heteroatoms. The number of piperidine rings is 1. The van der Waals surface area contributed by atoms with Crippen LogP contribution in [-0.4, -0.2) is 75.8 Å². The number of H-pyrrole nitrogens is 1. The van der Waals surface area contributed by atoms with Gasteiger partial charge in [0.2, 0.25) is 21.9 Å². The molecule has 0 bridgehead atoms. The zero-order valence-electron chi connectivity index (χ0n) is 18.3. The van der Waals surface area contributed by atoms with E-state index in [4.69, 9.17) is 4.74 Å². The zero-order valence-corrected chi connectivity index (χ0v) is 19.2. The van der Waals surface area contributed by atoms with E-state index in [0.717, 1.165) is 23.1 Å². The van der Waals surface area contributed by atoms with Crippen LogP contribution in [0.2, 0.25) is 0 Å². The fraction of sp³-hybridized carbons (Fsp3) is 0.474. The number of sulfonamides is 1. The van der Waals surface area contributed by atoms with Crippen molar-refractivity contribution in [2.75, 3.05) is 36.6 Å². The standard InChI is InChI=1S/C19H23F3N8O3S/c1-11-23-14-4-3-13(9-15(14)24-11)26-17-27-16(28-18(29-17)33-10-19(20,21)22)25-12-5-7-30(8-6-12)34(2,31)32/h3-4,9,12H,5-8,10H2,1-2H3,(H,23,24)(H2,25,26,27,28,29). The molecule has 0 unspecified atom stereocenters. The summed E-state index contributed by atoms with van der Waals surface area (Å²) in [4.78, 5) is 19.6. The molecule has 0 amide bonds. The molecule has 3 heterocycles. The third kappa shape index (κ3) is 6.22. The van der Waals surface area contributed by atoms with Crippen LogP contribution < -0.4 is 15.4 Å². The lowest BCUT2D eigenvalue weighted by molar-refractivity contribution is -0.154. The van der Waals surface area contributed by atoms with Gasteiger partial charge in [-0.05, 0) is 38.0 Å². The lowest BCUT2D eigenvalue weighted by Gasteiger charge is -2.30. The number of hydrogen-bond acceptors (Lipinski definition) is 9. The van der Waals surface area contributed by atoms with Gasteiger partial charge in [0, 0.05) is 24.8 Å². The van der Waals surface area contributed by atoms with Gasteiger partial charge in [-0.25, -0.2) is 17.7 Å². The summed E-state index contributed by atoms with van der Waals surface area (Å²) in [6.45, 7) is 0.894. The minimum atomic E-state index is -4.56. The van der Waals surface area contributed by atoms with Gasteiger partial charge in [-0.1, -0.05) is 0 Å². The Morgan fingerprint density at radius 3 is 2.53 bits per heavy atom. The van der Waals surface area contributed by atoms with Crippen LogP contribution in [0.1, 0.15) is 18.7 Å². The first kappa shape index (κ1) is 23.9. The van der Waals surface area contributed by atoms with Crippen LogP contribution in [0.15, 0.2) is 18.2 Å². The number of fused-ring (bicyclic) bond motifs is 1. The summed E-state index contributed by atoms with van der Waals surface area (Å²) in [6, 6.07) is 4.61. The molecule has 1 aromatic carbocycles. The smallest absolute Gasteiger partial charge is 0.422 e. The molecule has 0 saturated carbocycles. The summed E-state index contributed by atoms with van der Waals surface area (Å²) in [7, 11) is -3.28. The van der Waals surface area contributed by atoms with Crippen LogP contribution in [0, 0.1) is 6.92 Å². The number of aromatic nitrogens is 5. The number of anilines is 3. The predicted octanol–water partition coefficient (Wildman–Crippen LogP) is 2.58. The number of alkyl halides is 3. The number of imidazole rings is 1. The highest BCUT2D eigenvalue weighted by atomic mass is 32.2. The third-order valence-electron chi connectivity index (χ3n) is 5.09. The highest BCUT2D eigenvalue weighted by Crippen LogP contribution is 2.23. The van der Waals surface area contributed by atoms with Crippen molar-refractivity contribution >= 4 is 38.6 Å². The highest BCUT2D eigenvalue weighted by molar-refractivity contribution is 7.88. The average molecular weight is 501 g/mol. The van der Waals surface area contributed by atoms with Crippen molar-refractivity contribution in [1.29, 1.82) is 0 Å². The molecule has 34 heavy (non-hydrogen) atoms. The van der Waals surface area contributed by atoms with E-state index in [9.17, 15) is 21.6 Å². The molecule has 11 nitrogen and oxygen atoms in total. The molecule has 4 rings (SSSR count).